The van der Waals surface area contributed by atoms with Crippen LogP contribution in [0, 0.1) is 11.8 Å². The van der Waals surface area contributed by atoms with E-state index in [-0.39, 0.29) is 0 Å². The fraction of sp³-hybridized carbons (Fsp3) is 1.00. The van der Waals surface area contributed by atoms with Crippen molar-refractivity contribution in [2.45, 2.75) is 71.4 Å². The number of rotatable bonds is 6. The van der Waals surface area contributed by atoms with E-state index >= 15 is 0 Å². The van der Waals surface area contributed by atoms with Crippen molar-refractivity contribution in [1.82, 2.24) is 4.90 Å². The molecule has 1 saturated carbocycles. The van der Waals surface area contributed by atoms with E-state index in [2.05, 4.69) is 32.7 Å². The topological polar surface area (TPSA) is 29.3 Å². The maximum atomic E-state index is 6.12. The van der Waals surface area contributed by atoms with Crippen LogP contribution in [-0.2, 0) is 0 Å². The highest BCUT2D eigenvalue weighted by atomic mass is 15.1. The Morgan fingerprint density at radius 1 is 1.29 bits per heavy atom. The summed E-state index contributed by atoms with van der Waals surface area (Å²) in [5.74, 6) is 1.58. The highest BCUT2D eigenvalue weighted by molar-refractivity contribution is 4.79. The van der Waals surface area contributed by atoms with Gasteiger partial charge in [-0.25, -0.2) is 0 Å². The monoisotopic (exact) mass is 240 g/mol. The predicted molar refractivity (Wildman–Crippen MR) is 76.1 cm³/mol. The molecule has 0 saturated heterocycles. The summed E-state index contributed by atoms with van der Waals surface area (Å²) in [7, 11) is 2.29. The minimum Gasteiger partial charge on any atom is -0.327 e. The lowest BCUT2D eigenvalue weighted by Gasteiger charge is -2.35. The molecule has 3 atom stereocenters. The maximum Gasteiger partial charge on any atom is 0.00948 e. The lowest BCUT2D eigenvalue weighted by atomic mass is 9.83. The molecule has 0 heterocycles. The molecule has 3 unspecified atom stereocenters. The highest BCUT2D eigenvalue weighted by Gasteiger charge is 2.24. The first-order valence-electron chi connectivity index (χ1n) is 7.50. The Hall–Kier alpha value is -0.0800. The molecular weight excluding hydrogens is 208 g/mol. The van der Waals surface area contributed by atoms with Gasteiger partial charge in [-0.2, -0.15) is 0 Å². The van der Waals surface area contributed by atoms with Gasteiger partial charge < -0.3 is 10.6 Å². The third-order valence-corrected chi connectivity index (χ3v) is 4.63. The molecule has 0 amide bonds. The summed E-state index contributed by atoms with van der Waals surface area (Å²) in [6.45, 7) is 7.94. The first-order chi connectivity index (χ1) is 8.04. The van der Waals surface area contributed by atoms with Crippen molar-refractivity contribution >= 4 is 0 Å². The summed E-state index contributed by atoms with van der Waals surface area (Å²) < 4.78 is 0. The summed E-state index contributed by atoms with van der Waals surface area (Å²) in [5, 5.41) is 0. The van der Waals surface area contributed by atoms with Crippen LogP contribution >= 0.6 is 0 Å². The fourth-order valence-corrected chi connectivity index (χ4v) is 2.90. The molecule has 0 aromatic rings. The minimum atomic E-state index is 0.364. The van der Waals surface area contributed by atoms with Gasteiger partial charge in [0.1, 0.15) is 0 Å². The van der Waals surface area contributed by atoms with Gasteiger partial charge in [0.2, 0.25) is 0 Å². The molecule has 1 fully saturated rings. The molecule has 0 aromatic carbocycles. The second-order valence-corrected chi connectivity index (χ2v) is 6.27. The van der Waals surface area contributed by atoms with Crippen LogP contribution < -0.4 is 5.73 Å². The summed E-state index contributed by atoms with van der Waals surface area (Å²) in [6, 6.07) is 1.18. The van der Waals surface area contributed by atoms with E-state index in [0.717, 1.165) is 18.4 Å². The zero-order valence-electron chi connectivity index (χ0n) is 12.3. The Bertz CT molecular complexity index is 203. The summed E-state index contributed by atoms with van der Waals surface area (Å²) >= 11 is 0. The number of hydrogen-bond acceptors (Lipinski definition) is 2. The molecule has 2 N–H and O–H groups in total. The molecular formula is C15H32N2. The standard InChI is InChI=1S/C15H32N2/c1-5-13-7-6-8-14(11-13)17(4)10-9-15(16)12(2)3/h12-15H,5-11,16H2,1-4H3. The van der Waals surface area contributed by atoms with Crippen LogP contribution in [0.25, 0.3) is 0 Å². The van der Waals surface area contributed by atoms with Gasteiger partial charge in [-0.1, -0.05) is 40.0 Å². The smallest absolute Gasteiger partial charge is 0.00948 e. The lowest BCUT2D eigenvalue weighted by Crippen LogP contribution is -2.39. The van der Waals surface area contributed by atoms with Gasteiger partial charge in [0.05, 0.1) is 0 Å². The molecule has 0 radical (unpaired) electrons. The highest BCUT2D eigenvalue weighted by Crippen LogP contribution is 2.29. The first kappa shape index (κ1) is 15.0. The van der Waals surface area contributed by atoms with Crippen molar-refractivity contribution in [3.8, 4) is 0 Å². The van der Waals surface area contributed by atoms with Gasteiger partial charge in [-0.15, -0.1) is 0 Å². The van der Waals surface area contributed by atoms with E-state index in [1.807, 2.05) is 0 Å². The zero-order chi connectivity index (χ0) is 12.8. The summed E-state index contributed by atoms with van der Waals surface area (Å²) in [6.07, 6.45) is 8.17. The van der Waals surface area contributed by atoms with E-state index in [9.17, 15) is 0 Å². The molecule has 1 aliphatic carbocycles. The van der Waals surface area contributed by atoms with Gasteiger partial charge in [-0.05, 0) is 44.7 Å². The summed E-state index contributed by atoms with van der Waals surface area (Å²) in [4.78, 5) is 2.56. The van der Waals surface area contributed by atoms with Crippen LogP contribution in [0.5, 0.6) is 0 Å². The minimum absolute atomic E-state index is 0.364. The van der Waals surface area contributed by atoms with Gasteiger partial charge in [0.25, 0.3) is 0 Å². The van der Waals surface area contributed by atoms with Crippen LogP contribution in [-0.4, -0.2) is 30.6 Å². The van der Waals surface area contributed by atoms with E-state index in [1.165, 1.54) is 38.6 Å². The molecule has 1 rings (SSSR count). The van der Waals surface area contributed by atoms with Gasteiger partial charge >= 0.3 is 0 Å². The molecule has 1 aliphatic rings. The summed E-state index contributed by atoms with van der Waals surface area (Å²) in [5.41, 5.74) is 6.12. The lowest BCUT2D eigenvalue weighted by molar-refractivity contribution is 0.150. The number of hydrogen-bond donors (Lipinski definition) is 1. The second kappa shape index (κ2) is 7.38. The van der Waals surface area contributed by atoms with Crippen molar-refractivity contribution in [3.63, 3.8) is 0 Å². The van der Waals surface area contributed by atoms with Crippen molar-refractivity contribution in [2.24, 2.45) is 17.6 Å². The van der Waals surface area contributed by atoms with E-state index in [0.29, 0.717) is 12.0 Å². The first-order valence-corrected chi connectivity index (χ1v) is 7.50. The molecule has 2 heteroatoms. The van der Waals surface area contributed by atoms with E-state index in [4.69, 9.17) is 5.73 Å². The number of nitrogens with two attached hydrogens (primary N) is 1. The van der Waals surface area contributed by atoms with Crippen LogP contribution in [0.15, 0.2) is 0 Å². The van der Waals surface area contributed by atoms with Crippen molar-refractivity contribution in [2.75, 3.05) is 13.6 Å². The quantitative estimate of drug-likeness (QED) is 0.772. The van der Waals surface area contributed by atoms with Gasteiger partial charge in [-0.3, -0.25) is 0 Å². The third-order valence-electron chi connectivity index (χ3n) is 4.63. The number of nitrogens with zero attached hydrogens (tertiary/aromatic N) is 1. The second-order valence-electron chi connectivity index (χ2n) is 6.27. The molecule has 0 aliphatic heterocycles. The molecule has 17 heavy (non-hydrogen) atoms. The Morgan fingerprint density at radius 2 is 2.00 bits per heavy atom. The molecule has 102 valence electrons. The largest absolute Gasteiger partial charge is 0.327 e. The van der Waals surface area contributed by atoms with E-state index in [1.54, 1.807) is 0 Å². The zero-order valence-corrected chi connectivity index (χ0v) is 12.3. The normalized spacial score (nSPS) is 27.7. The Kier molecular flexibility index (Phi) is 6.50. The van der Waals surface area contributed by atoms with Crippen molar-refractivity contribution in [3.05, 3.63) is 0 Å². The van der Waals surface area contributed by atoms with Crippen LogP contribution in [0.4, 0.5) is 0 Å². The Balaban J connectivity index is 2.29. The third kappa shape index (κ3) is 4.97. The molecule has 2 nitrogen and oxygen atoms in total. The van der Waals surface area contributed by atoms with Crippen LogP contribution in [0.3, 0.4) is 0 Å². The van der Waals surface area contributed by atoms with Crippen LogP contribution in [0.1, 0.15) is 59.3 Å². The van der Waals surface area contributed by atoms with Crippen LogP contribution in [0.2, 0.25) is 0 Å². The SMILES string of the molecule is CCC1CCCC(N(C)CCC(N)C(C)C)C1. The fourth-order valence-electron chi connectivity index (χ4n) is 2.90. The average Bonchev–Trinajstić information content (AvgIpc) is 2.35. The molecule has 0 spiro atoms. The van der Waals surface area contributed by atoms with Gasteiger partial charge in [0.15, 0.2) is 0 Å². The van der Waals surface area contributed by atoms with Crippen molar-refractivity contribution < 1.29 is 0 Å². The molecule has 0 aromatic heterocycles. The van der Waals surface area contributed by atoms with Gasteiger partial charge in [0, 0.05) is 12.1 Å². The Morgan fingerprint density at radius 3 is 2.59 bits per heavy atom. The maximum absolute atomic E-state index is 6.12. The van der Waals surface area contributed by atoms with E-state index < -0.39 is 0 Å². The van der Waals surface area contributed by atoms with Crippen molar-refractivity contribution in [1.29, 1.82) is 0 Å². The average molecular weight is 240 g/mol. The Labute approximate surface area is 108 Å². The molecule has 0 bridgehead atoms. The predicted octanol–water partition coefficient (Wildman–Crippen LogP) is 3.26.